The van der Waals surface area contributed by atoms with Crippen molar-refractivity contribution in [1.29, 1.82) is 0 Å². The predicted molar refractivity (Wildman–Crippen MR) is 84.1 cm³/mol. The van der Waals surface area contributed by atoms with Crippen LogP contribution in [0.3, 0.4) is 0 Å². The summed E-state index contributed by atoms with van der Waals surface area (Å²) in [5, 5.41) is 0. The molecular formula is C15H21N3OS. The maximum Gasteiger partial charge on any atom is 0.178 e. The van der Waals surface area contributed by atoms with Gasteiger partial charge in [0.25, 0.3) is 0 Å². The Morgan fingerprint density at radius 2 is 2.30 bits per heavy atom. The second-order valence-electron chi connectivity index (χ2n) is 5.50. The number of nitrogens with zero attached hydrogens (tertiary/aromatic N) is 2. The molecule has 20 heavy (non-hydrogen) atoms. The van der Waals surface area contributed by atoms with Crippen molar-refractivity contribution in [3.8, 4) is 5.75 Å². The first-order chi connectivity index (χ1) is 9.70. The summed E-state index contributed by atoms with van der Waals surface area (Å²) in [7, 11) is 2.16. The summed E-state index contributed by atoms with van der Waals surface area (Å²) in [6, 6.07) is 6.64. The molecule has 4 nitrogen and oxygen atoms in total. The van der Waals surface area contributed by atoms with E-state index < -0.39 is 0 Å². The average molecular weight is 291 g/mol. The zero-order chi connectivity index (χ0) is 14.1. The van der Waals surface area contributed by atoms with Gasteiger partial charge in [-0.3, -0.25) is 0 Å². The van der Waals surface area contributed by atoms with E-state index in [0.29, 0.717) is 6.04 Å². The lowest BCUT2D eigenvalue weighted by molar-refractivity contribution is 0.320. The fourth-order valence-corrected chi connectivity index (χ4v) is 3.29. The molecular weight excluding hydrogens is 270 g/mol. The average Bonchev–Trinajstić information content (AvgIpc) is 2.99. The molecule has 1 unspecified atom stereocenters. The molecule has 0 aliphatic carbocycles. The van der Waals surface area contributed by atoms with Crippen molar-refractivity contribution in [2.45, 2.75) is 25.8 Å². The van der Waals surface area contributed by atoms with E-state index >= 15 is 0 Å². The van der Waals surface area contributed by atoms with E-state index in [1.807, 2.05) is 12.1 Å². The number of ether oxygens (including phenoxy) is 1. The number of H-pyrrole nitrogens is 1. The number of nitrogens with one attached hydrogen (secondary N) is 1. The zero-order valence-corrected chi connectivity index (χ0v) is 12.9. The molecule has 1 atom stereocenters. The Balaban J connectivity index is 2.05. The minimum Gasteiger partial charge on any atom is -0.491 e. The number of hydrogen-bond donors (Lipinski definition) is 1. The van der Waals surface area contributed by atoms with Gasteiger partial charge in [-0.15, -0.1) is 0 Å². The summed E-state index contributed by atoms with van der Waals surface area (Å²) in [6.07, 6.45) is 2.16. The number of aromatic nitrogens is 2. The second kappa shape index (κ2) is 5.58. The van der Waals surface area contributed by atoms with Crippen molar-refractivity contribution in [3.05, 3.63) is 23.0 Å². The van der Waals surface area contributed by atoms with Gasteiger partial charge >= 0.3 is 0 Å². The van der Waals surface area contributed by atoms with Crippen molar-refractivity contribution in [3.63, 3.8) is 0 Å². The lowest BCUT2D eigenvalue weighted by atomic mass is 10.2. The normalized spacial score (nSPS) is 19.8. The van der Waals surface area contributed by atoms with E-state index in [1.54, 1.807) is 0 Å². The van der Waals surface area contributed by atoms with Crippen molar-refractivity contribution in [2.24, 2.45) is 0 Å². The van der Waals surface area contributed by atoms with E-state index in [4.69, 9.17) is 17.0 Å². The third-order valence-corrected chi connectivity index (χ3v) is 4.21. The molecule has 5 heteroatoms. The van der Waals surface area contributed by atoms with Crippen LogP contribution in [0.1, 0.15) is 25.8 Å². The molecule has 0 bridgehead atoms. The predicted octanol–water partition coefficient (Wildman–Crippen LogP) is 3.36. The van der Waals surface area contributed by atoms with E-state index in [0.717, 1.165) is 54.1 Å². The second-order valence-corrected chi connectivity index (χ2v) is 5.89. The quantitative estimate of drug-likeness (QED) is 0.877. The Hall–Kier alpha value is -1.33. The number of imidazole rings is 1. The fourth-order valence-electron chi connectivity index (χ4n) is 2.94. The molecule has 0 spiro atoms. The molecule has 1 fully saturated rings. The lowest BCUT2D eigenvalue weighted by Crippen LogP contribution is -2.16. The summed E-state index contributed by atoms with van der Waals surface area (Å²) >= 11 is 5.53. The zero-order valence-electron chi connectivity index (χ0n) is 12.1. The van der Waals surface area contributed by atoms with Gasteiger partial charge in [-0.25, -0.2) is 0 Å². The minimum absolute atomic E-state index is 0.461. The van der Waals surface area contributed by atoms with Gasteiger partial charge in [-0.2, -0.15) is 0 Å². The van der Waals surface area contributed by atoms with Gasteiger partial charge in [0.05, 0.1) is 18.2 Å². The summed E-state index contributed by atoms with van der Waals surface area (Å²) < 4.78 is 8.88. The van der Waals surface area contributed by atoms with Crippen LogP contribution in [0, 0.1) is 4.77 Å². The SMILES string of the molecule is CCCOc1cccc2c1[nH]c(=S)n2C1CCN(C)C1. The lowest BCUT2D eigenvalue weighted by Gasteiger charge is -2.14. The van der Waals surface area contributed by atoms with Crippen LogP contribution < -0.4 is 4.74 Å². The molecule has 2 aromatic rings. The highest BCUT2D eigenvalue weighted by molar-refractivity contribution is 7.71. The molecule has 1 saturated heterocycles. The number of benzene rings is 1. The Morgan fingerprint density at radius 1 is 1.45 bits per heavy atom. The molecule has 3 rings (SSSR count). The molecule has 2 heterocycles. The highest BCUT2D eigenvalue weighted by Crippen LogP contribution is 2.30. The van der Waals surface area contributed by atoms with Gasteiger partial charge in [0, 0.05) is 6.54 Å². The Kier molecular flexibility index (Phi) is 3.81. The largest absolute Gasteiger partial charge is 0.491 e. The van der Waals surface area contributed by atoms with Crippen LogP contribution in [0.4, 0.5) is 0 Å². The monoisotopic (exact) mass is 291 g/mol. The van der Waals surface area contributed by atoms with Crippen LogP contribution >= 0.6 is 12.2 Å². The van der Waals surface area contributed by atoms with E-state index in [9.17, 15) is 0 Å². The first-order valence-electron chi connectivity index (χ1n) is 7.25. The van der Waals surface area contributed by atoms with Crippen molar-refractivity contribution < 1.29 is 4.74 Å². The Labute approximate surface area is 124 Å². The molecule has 1 N–H and O–H groups in total. The summed E-state index contributed by atoms with van der Waals surface area (Å²) in [5.41, 5.74) is 2.18. The number of para-hydroxylation sites is 1. The smallest absolute Gasteiger partial charge is 0.178 e. The Morgan fingerprint density at radius 3 is 3.00 bits per heavy atom. The molecule has 1 aromatic carbocycles. The highest BCUT2D eigenvalue weighted by atomic mass is 32.1. The van der Waals surface area contributed by atoms with Gasteiger partial charge in [0.15, 0.2) is 4.77 Å². The van der Waals surface area contributed by atoms with Crippen LogP contribution in [-0.4, -0.2) is 41.2 Å². The number of aromatic amines is 1. The van der Waals surface area contributed by atoms with Crippen LogP contribution in [-0.2, 0) is 0 Å². The first kappa shape index (κ1) is 13.6. The summed E-state index contributed by atoms with van der Waals surface area (Å²) in [5.74, 6) is 0.903. The molecule has 1 aliphatic rings. The van der Waals surface area contributed by atoms with E-state index in [1.165, 1.54) is 0 Å². The summed E-state index contributed by atoms with van der Waals surface area (Å²) in [4.78, 5) is 5.68. The van der Waals surface area contributed by atoms with Crippen molar-refractivity contribution >= 4 is 23.3 Å². The number of hydrogen-bond acceptors (Lipinski definition) is 3. The van der Waals surface area contributed by atoms with Crippen LogP contribution in [0.15, 0.2) is 18.2 Å². The van der Waals surface area contributed by atoms with E-state index in [2.05, 4.69) is 34.5 Å². The van der Waals surface area contributed by atoms with Gasteiger partial charge in [-0.1, -0.05) is 13.0 Å². The topological polar surface area (TPSA) is 33.2 Å². The van der Waals surface area contributed by atoms with Crippen LogP contribution in [0.2, 0.25) is 0 Å². The van der Waals surface area contributed by atoms with Gasteiger partial charge < -0.3 is 19.2 Å². The van der Waals surface area contributed by atoms with Gasteiger partial charge in [0.1, 0.15) is 11.3 Å². The minimum atomic E-state index is 0.461. The number of likely N-dealkylation sites (N-methyl/N-ethyl adjacent to an activating group) is 1. The summed E-state index contributed by atoms with van der Waals surface area (Å²) in [6.45, 7) is 5.03. The van der Waals surface area contributed by atoms with Gasteiger partial charge in [-0.05, 0) is 50.8 Å². The van der Waals surface area contributed by atoms with Crippen molar-refractivity contribution in [1.82, 2.24) is 14.5 Å². The maximum absolute atomic E-state index is 5.82. The van der Waals surface area contributed by atoms with Crippen LogP contribution in [0.25, 0.3) is 11.0 Å². The molecule has 0 amide bonds. The number of rotatable bonds is 4. The van der Waals surface area contributed by atoms with E-state index in [-0.39, 0.29) is 0 Å². The third-order valence-electron chi connectivity index (χ3n) is 3.91. The molecule has 1 aliphatic heterocycles. The number of likely N-dealkylation sites (tertiary alicyclic amines) is 1. The molecule has 0 radical (unpaired) electrons. The van der Waals surface area contributed by atoms with Gasteiger partial charge in [0.2, 0.25) is 0 Å². The molecule has 1 aromatic heterocycles. The molecule has 108 valence electrons. The highest BCUT2D eigenvalue weighted by Gasteiger charge is 2.23. The van der Waals surface area contributed by atoms with Crippen molar-refractivity contribution in [2.75, 3.05) is 26.7 Å². The third kappa shape index (κ3) is 2.36. The maximum atomic E-state index is 5.82. The molecule has 0 saturated carbocycles. The Bertz CT molecular complexity index is 661. The van der Waals surface area contributed by atoms with Crippen LogP contribution in [0.5, 0.6) is 5.75 Å². The number of fused-ring (bicyclic) bond motifs is 1. The fraction of sp³-hybridized carbons (Fsp3) is 0.533. The standard InChI is InChI=1S/C15H21N3OS/c1-3-9-19-13-6-4-5-12-14(13)16-15(20)18(12)11-7-8-17(2)10-11/h4-6,11H,3,7-10H2,1-2H3,(H,16,20). The first-order valence-corrected chi connectivity index (χ1v) is 7.66.